The highest BCUT2D eigenvalue weighted by Gasteiger charge is 2.38. The van der Waals surface area contributed by atoms with Crippen molar-refractivity contribution < 1.29 is 18.0 Å². The molecule has 0 saturated carbocycles. The summed E-state index contributed by atoms with van der Waals surface area (Å²) in [6.07, 6.45) is 4.33. The molecule has 6 heteroatoms. The number of alkyl halides is 3. The van der Waals surface area contributed by atoms with Crippen LogP contribution in [-0.2, 0) is 4.79 Å². The van der Waals surface area contributed by atoms with Crippen LogP contribution in [0.1, 0.15) is 6.42 Å². The van der Waals surface area contributed by atoms with E-state index < -0.39 is 12.1 Å². The van der Waals surface area contributed by atoms with Crippen LogP contribution >= 0.6 is 0 Å². The van der Waals surface area contributed by atoms with E-state index in [1.165, 1.54) is 0 Å². The number of pyridine rings is 1. The van der Waals surface area contributed by atoms with E-state index in [1.54, 1.807) is 18.5 Å². The van der Waals surface area contributed by atoms with Crippen LogP contribution in [0.2, 0.25) is 0 Å². The number of nitrogens with one attached hydrogen (secondary N) is 1. The van der Waals surface area contributed by atoms with E-state index in [4.69, 9.17) is 0 Å². The SMILES string of the molecule is O=C(NCC1=c2ccncc2=CC=CC1)C(F)(F)F. The molecule has 0 fully saturated rings. The van der Waals surface area contributed by atoms with Crippen LogP contribution in [0.5, 0.6) is 0 Å². The minimum absolute atomic E-state index is 0.131. The first-order valence-corrected chi connectivity index (χ1v) is 5.62. The molecule has 1 N–H and O–H groups in total. The molecule has 1 aliphatic carbocycles. The Labute approximate surface area is 107 Å². The van der Waals surface area contributed by atoms with Gasteiger partial charge in [-0.3, -0.25) is 9.78 Å². The molecule has 1 amide bonds. The molecule has 0 aliphatic heterocycles. The van der Waals surface area contributed by atoms with Gasteiger partial charge in [-0.2, -0.15) is 13.2 Å². The first kappa shape index (κ1) is 13.3. The monoisotopic (exact) mass is 268 g/mol. The number of hydrogen-bond acceptors (Lipinski definition) is 2. The molecule has 0 atom stereocenters. The normalized spacial score (nSPS) is 14.4. The van der Waals surface area contributed by atoms with Crippen LogP contribution in [0, 0.1) is 0 Å². The van der Waals surface area contributed by atoms with Crippen molar-refractivity contribution in [2.45, 2.75) is 12.6 Å². The van der Waals surface area contributed by atoms with Gasteiger partial charge in [0.05, 0.1) is 0 Å². The summed E-state index contributed by atoms with van der Waals surface area (Å²) in [6, 6.07) is 1.73. The minimum Gasteiger partial charge on any atom is -0.344 e. The Balaban J connectivity index is 2.28. The summed E-state index contributed by atoms with van der Waals surface area (Å²) in [5.41, 5.74) is 0.722. The smallest absolute Gasteiger partial charge is 0.344 e. The molecule has 2 rings (SSSR count). The molecule has 100 valence electrons. The molecule has 1 aliphatic rings. The first-order valence-electron chi connectivity index (χ1n) is 5.62. The summed E-state index contributed by atoms with van der Waals surface area (Å²) in [4.78, 5) is 14.8. The Bertz CT molecular complexity index is 632. The lowest BCUT2D eigenvalue weighted by Crippen LogP contribution is -2.39. The van der Waals surface area contributed by atoms with Crippen molar-refractivity contribution in [3.63, 3.8) is 0 Å². The molecular weight excluding hydrogens is 257 g/mol. The van der Waals surface area contributed by atoms with E-state index in [9.17, 15) is 18.0 Å². The maximum absolute atomic E-state index is 12.1. The van der Waals surface area contributed by atoms with Crippen molar-refractivity contribution in [2.24, 2.45) is 0 Å². The second-order valence-electron chi connectivity index (χ2n) is 4.05. The molecule has 1 aromatic rings. The van der Waals surface area contributed by atoms with Gasteiger partial charge in [-0.1, -0.05) is 18.2 Å². The maximum atomic E-state index is 12.1. The van der Waals surface area contributed by atoms with E-state index in [2.05, 4.69) is 4.98 Å². The lowest BCUT2D eigenvalue weighted by Gasteiger charge is -2.09. The zero-order valence-corrected chi connectivity index (χ0v) is 9.87. The number of aromatic nitrogens is 1. The van der Waals surface area contributed by atoms with Crippen molar-refractivity contribution in [3.05, 3.63) is 41.0 Å². The van der Waals surface area contributed by atoms with E-state index in [-0.39, 0.29) is 6.54 Å². The lowest BCUT2D eigenvalue weighted by molar-refractivity contribution is -0.173. The number of fused-ring (bicyclic) bond motifs is 1. The average molecular weight is 268 g/mol. The number of carbonyl (C=O) groups is 1. The van der Waals surface area contributed by atoms with Gasteiger partial charge in [-0.25, -0.2) is 0 Å². The Morgan fingerprint density at radius 2 is 2.21 bits per heavy atom. The molecular formula is C13H11F3N2O. The van der Waals surface area contributed by atoms with Gasteiger partial charge in [-0.15, -0.1) is 0 Å². The minimum atomic E-state index is -4.85. The van der Waals surface area contributed by atoms with Crippen molar-refractivity contribution >= 4 is 17.6 Å². The highest BCUT2D eigenvalue weighted by molar-refractivity contribution is 5.82. The van der Waals surface area contributed by atoms with Gasteiger partial charge in [0, 0.05) is 24.2 Å². The highest BCUT2D eigenvalue weighted by atomic mass is 19.4. The Morgan fingerprint density at radius 3 is 2.95 bits per heavy atom. The topological polar surface area (TPSA) is 42.0 Å². The third-order valence-corrected chi connectivity index (χ3v) is 2.73. The van der Waals surface area contributed by atoms with E-state index >= 15 is 0 Å². The summed E-state index contributed by atoms with van der Waals surface area (Å²) in [6.45, 7) is -0.131. The van der Waals surface area contributed by atoms with Crippen LogP contribution in [0.15, 0.2) is 30.6 Å². The first-order chi connectivity index (χ1) is 8.98. The number of amides is 1. The molecule has 3 nitrogen and oxygen atoms in total. The zero-order valence-electron chi connectivity index (χ0n) is 9.87. The predicted molar refractivity (Wildman–Crippen MR) is 64.2 cm³/mol. The summed E-state index contributed by atoms with van der Waals surface area (Å²) < 4.78 is 36.4. The third-order valence-electron chi connectivity index (χ3n) is 2.73. The zero-order chi connectivity index (χ0) is 13.9. The Kier molecular flexibility index (Phi) is 3.69. The molecule has 0 saturated heterocycles. The summed E-state index contributed by atoms with van der Waals surface area (Å²) in [5, 5.41) is 3.53. The van der Waals surface area contributed by atoms with E-state index in [1.807, 2.05) is 23.5 Å². The number of nitrogens with zero attached hydrogens (tertiary/aromatic N) is 1. The van der Waals surface area contributed by atoms with Gasteiger partial charge in [0.25, 0.3) is 0 Å². The highest BCUT2D eigenvalue weighted by Crippen LogP contribution is 2.14. The lowest BCUT2D eigenvalue weighted by atomic mass is 10.1. The Hall–Kier alpha value is -2.11. The number of carbonyl (C=O) groups excluding carboxylic acids is 1. The predicted octanol–water partition coefficient (Wildman–Crippen LogP) is 0.651. The fraction of sp³-hybridized carbons (Fsp3) is 0.231. The van der Waals surface area contributed by atoms with E-state index in [0.717, 1.165) is 16.0 Å². The fourth-order valence-corrected chi connectivity index (χ4v) is 1.81. The average Bonchev–Trinajstić information content (AvgIpc) is 2.57. The van der Waals surface area contributed by atoms with Gasteiger partial charge >= 0.3 is 12.1 Å². The van der Waals surface area contributed by atoms with Crippen LogP contribution in [0.25, 0.3) is 11.6 Å². The van der Waals surface area contributed by atoms with Crippen molar-refractivity contribution in [1.29, 1.82) is 0 Å². The molecule has 1 aromatic heterocycles. The summed E-state index contributed by atoms with van der Waals surface area (Å²) >= 11 is 0. The van der Waals surface area contributed by atoms with E-state index in [0.29, 0.717) is 6.42 Å². The third kappa shape index (κ3) is 3.21. The van der Waals surface area contributed by atoms with Crippen LogP contribution in [0.3, 0.4) is 0 Å². The van der Waals surface area contributed by atoms with Gasteiger partial charge in [0.15, 0.2) is 0 Å². The second kappa shape index (κ2) is 5.26. The van der Waals surface area contributed by atoms with Gasteiger partial charge in [0.2, 0.25) is 0 Å². The fourth-order valence-electron chi connectivity index (χ4n) is 1.81. The molecule has 0 aromatic carbocycles. The molecule has 0 spiro atoms. The van der Waals surface area contributed by atoms with Gasteiger partial charge in [-0.05, 0) is 23.3 Å². The van der Waals surface area contributed by atoms with Crippen molar-refractivity contribution in [3.8, 4) is 0 Å². The molecule has 0 unspecified atom stereocenters. The van der Waals surface area contributed by atoms with Crippen molar-refractivity contribution in [2.75, 3.05) is 6.54 Å². The maximum Gasteiger partial charge on any atom is 0.471 e. The van der Waals surface area contributed by atoms with Crippen molar-refractivity contribution in [1.82, 2.24) is 10.3 Å². The number of hydrogen-bond donors (Lipinski definition) is 1. The van der Waals surface area contributed by atoms with Gasteiger partial charge in [0.1, 0.15) is 0 Å². The van der Waals surface area contributed by atoms with Crippen LogP contribution < -0.4 is 15.8 Å². The largest absolute Gasteiger partial charge is 0.471 e. The summed E-state index contributed by atoms with van der Waals surface area (Å²) in [5.74, 6) is -1.92. The Morgan fingerprint density at radius 1 is 1.42 bits per heavy atom. The molecule has 1 heterocycles. The molecule has 0 bridgehead atoms. The molecule has 19 heavy (non-hydrogen) atoms. The standard InChI is InChI=1S/C13H11F3N2O/c14-13(15,16)12(19)18-8-10-4-2-1-3-9-7-17-6-5-11(9)10/h1-3,5-7H,4,8H2,(H,18,19). The molecule has 0 radical (unpaired) electrons. The quantitative estimate of drug-likeness (QED) is 0.855. The van der Waals surface area contributed by atoms with Crippen LogP contribution in [-0.4, -0.2) is 23.6 Å². The number of allylic oxidation sites excluding steroid dienone is 2. The van der Waals surface area contributed by atoms with Crippen LogP contribution in [0.4, 0.5) is 13.2 Å². The number of rotatable bonds is 2. The number of halogens is 3. The van der Waals surface area contributed by atoms with Gasteiger partial charge < -0.3 is 5.32 Å². The second-order valence-corrected chi connectivity index (χ2v) is 4.05. The summed E-state index contributed by atoms with van der Waals surface area (Å²) in [7, 11) is 0.